The van der Waals surface area contributed by atoms with Crippen LogP contribution in [-0.2, 0) is 14.4 Å². The Bertz CT molecular complexity index is 408. The molecule has 0 fully saturated rings. The maximum atomic E-state index is 12.1. The van der Waals surface area contributed by atoms with Crippen LogP contribution in [0.15, 0.2) is 0 Å². The van der Waals surface area contributed by atoms with Crippen LogP contribution in [-0.4, -0.2) is 64.5 Å². The van der Waals surface area contributed by atoms with Crippen molar-refractivity contribution in [3.63, 3.8) is 0 Å². The van der Waals surface area contributed by atoms with E-state index in [4.69, 9.17) is 16.6 Å². The number of carbonyl (C=O) groups excluding carboxylic acids is 2. The number of unbranched alkanes of at least 4 members (excludes halogenated alkanes) is 1. The number of carbonyl (C=O) groups is 3. The smallest absolute Gasteiger partial charge is 0.326 e. The fraction of sp³-hybridized carbons (Fsp3) is 0.769. The number of aliphatic hydroxyl groups is 1. The maximum Gasteiger partial charge on any atom is 0.326 e. The lowest BCUT2D eigenvalue weighted by Crippen LogP contribution is -2.58. The van der Waals surface area contributed by atoms with Crippen LogP contribution in [0, 0.1) is 0 Å². The Hall–Kier alpha value is -1.36. The molecule has 0 unspecified atom stereocenters. The van der Waals surface area contributed by atoms with Gasteiger partial charge in [-0.1, -0.05) is 0 Å². The molecule has 0 aliphatic carbocycles. The van der Waals surface area contributed by atoms with Crippen LogP contribution >= 0.6 is 12.6 Å². The average Bonchev–Trinajstić information content (AvgIpc) is 2.49. The summed E-state index contributed by atoms with van der Waals surface area (Å²) in [6.45, 7) is 1.73. The number of carboxylic acid groups (broad SMARTS) is 1. The molecule has 0 bridgehead atoms. The lowest BCUT2D eigenvalue weighted by molar-refractivity contribution is -0.143. The molecular weight excluding hydrogens is 324 g/mol. The zero-order valence-corrected chi connectivity index (χ0v) is 14.0. The Morgan fingerprint density at radius 2 is 1.78 bits per heavy atom. The molecule has 0 saturated carbocycles. The molecular formula is C13H26N4O5S. The molecule has 2 amide bonds. The van der Waals surface area contributed by atoms with Gasteiger partial charge in [0.2, 0.25) is 11.8 Å². The van der Waals surface area contributed by atoms with Crippen molar-refractivity contribution in [2.45, 2.75) is 50.4 Å². The Labute approximate surface area is 140 Å². The van der Waals surface area contributed by atoms with Crippen molar-refractivity contribution < 1.29 is 24.6 Å². The lowest BCUT2D eigenvalue weighted by Gasteiger charge is -2.24. The van der Waals surface area contributed by atoms with E-state index in [2.05, 4.69) is 23.3 Å². The minimum absolute atomic E-state index is 0.0663. The zero-order chi connectivity index (χ0) is 18.0. The number of carboxylic acids is 1. The minimum atomic E-state index is -1.30. The first-order valence-electron chi connectivity index (χ1n) is 7.32. The summed E-state index contributed by atoms with van der Waals surface area (Å²) in [5, 5.41) is 23.4. The number of hydrogen-bond donors (Lipinski definition) is 7. The molecule has 0 saturated heterocycles. The van der Waals surface area contributed by atoms with Crippen LogP contribution in [0.4, 0.5) is 0 Å². The first-order valence-corrected chi connectivity index (χ1v) is 7.95. The highest BCUT2D eigenvalue weighted by molar-refractivity contribution is 7.80. The van der Waals surface area contributed by atoms with E-state index in [1.54, 1.807) is 0 Å². The average molecular weight is 350 g/mol. The van der Waals surface area contributed by atoms with Crippen LogP contribution in [0.5, 0.6) is 0 Å². The quantitative estimate of drug-likeness (QED) is 0.164. The third-order valence-corrected chi connectivity index (χ3v) is 3.55. The van der Waals surface area contributed by atoms with Gasteiger partial charge in [0.25, 0.3) is 0 Å². The normalized spacial score (nSPS) is 16.0. The number of amides is 2. The molecule has 0 aromatic heterocycles. The van der Waals surface area contributed by atoms with Crippen molar-refractivity contribution in [2.24, 2.45) is 11.5 Å². The molecule has 10 heteroatoms. The maximum absolute atomic E-state index is 12.1. The Morgan fingerprint density at radius 1 is 1.17 bits per heavy atom. The van der Waals surface area contributed by atoms with E-state index in [-0.39, 0.29) is 12.2 Å². The molecule has 0 radical (unpaired) electrons. The van der Waals surface area contributed by atoms with E-state index < -0.39 is 42.0 Å². The summed E-state index contributed by atoms with van der Waals surface area (Å²) in [5.74, 6) is -2.58. The molecule has 0 aliphatic rings. The molecule has 0 aromatic carbocycles. The van der Waals surface area contributed by atoms with E-state index in [1.807, 2.05) is 0 Å². The molecule has 23 heavy (non-hydrogen) atoms. The van der Waals surface area contributed by atoms with Crippen molar-refractivity contribution in [1.29, 1.82) is 0 Å². The second-order valence-electron chi connectivity index (χ2n) is 5.20. The molecule has 134 valence electrons. The number of nitrogens with one attached hydrogen (secondary N) is 2. The van der Waals surface area contributed by atoms with Crippen LogP contribution in [0.3, 0.4) is 0 Å². The predicted octanol–water partition coefficient (Wildman–Crippen LogP) is -2.19. The summed E-state index contributed by atoms with van der Waals surface area (Å²) in [6, 6.07) is -3.36. The Balaban J connectivity index is 4.81. The first-order chi connectivity index (χ1) is 10.7. The highest BCUT2D eigenvalue weighted by Gasteiger charge is 2.30. The largest absolute Gasteiger partial charge is 0.480 e. The van der Waals surface area contributed by atoms with Gasteiger partial charge in [-0.05, 0) is 32.7 Å². The highest BCUT2D eigenvalue weighted by Crippen LogP contribution is 2.03. The molecule has 0 aromatic rings. The lowest BCUT2D eigenvalue weighted by atomic mass is 10.1. The van der Waals surface area contributed by atoms with Crippen LogP contribution < -0.4 is 22.1 Å². The summed E-state index contributed by atoms with van der Waals surface area (Å²) >= 11 is 3.87. The third-order valence-electron chi connectivity index (χ3n) is 3.16. The van der Waals surface area contributed by atoms with Gasteiger partial charge in [-0.15, -0.1) is 0 Å². The molecule has 8 N–H and O–H groups in total. The minimum Gasteiger partial charge on any atom is -0.480 e. The van der Waals surface area contributed by atoms with Gasteiger partial charge in [0.15, 0.2) is 0 Å². The van der Waals surface area contributed by atoms with E-state index in [9.17, 15) is 19.5 Å². The summed E-state index contributed by atoms with van der Waals surface area (Å²) in [6.07, 6.45) is 0.149. The van der Waals surface area contributed by atoms with Crippen molar-refractivity contribution in [3.05, 3.63) is 0 Å². The van der Waals surface area contributed by atoms with Gasteiger partial charge < -0.3 is 32.3 Å². The number of aliphatic carboxylic acids is 1. The number of hydrogen-bond acceptors (Lipinski definition) is 7. The Kier molecular flexibility index (Phi) is 10.6. The van der Waals surface area contributed by atoms with Gasteiger partial charge >= 0.3 is 5.97 Å². The third kappa shape index (κ3) is 8.16. The molecule has 0 aliphatic heterocycles. The van der Waals surface area contributed by atoms with E-state index in [1.165, 1.54) is 6.92 Å². The number of rotatable bonds is 11. The number of thiol groups is 1. The van der Waals surface area contributed by atoms with E-state index >= 15 is 0 Å². The van der Waals surface area contributed by atoms with Gasteiger partial charge in [0, 0.05) is 5.75 Å². The monoisotopic (exact) mass is 350 g/mol. The molecule has 4 atom stereocenters. The first kappa shape index (κ1) is 21.6. The number of aliphatic hydroxyl groups excluding tert-OH is 1. The molecule has 0 heterocycles. The topological polar surface area (TPSA) is 168 Å². The fourth-order valence-corrected chi connectivity index (χ4v) is 1.93. The molecule has 9 nitrogen and oxygen atoms in total. The zero-order valence-electron chi connectivity index (χ0n) is 13.1. The highest BCUT2D eigenvalue weighted by atomic mass is 32.1. The van der Waals surface area contributed by atoms with Crippen molar-refractivity contribution >= 4 is 30.4 Å². The Morgan fingerprint density at radius 3 is 2.22 bits per heavy atom. The van der Waals surface area contributed by atoms with Gasteiger partial charge in [-0.25, -0.2) is 4.79 Å². The summed E-state index contributed by atoms with van der Waals surface area (Å²) < 4.78 is 0. The molecule has 0 rings (SSSR count). The summed E-state index contributed by atoms with van der Waals surface area (Å²) in [7, 11) is 0. The van der Waals surface area contributed by atoms with Crippen molar-refractivity contribution in [3.8, 4) is 0 Å². The fourth-order valence-electron chi connectivity index (χ4n) is 1.76. The second-order valence-corrected chi connectivity index (χ2v) is 5.56. The number of nitrogens with two attached hydrogens (primary N) is 2. The SMILES string of the molecule is C[C@@H](O)[C@H](NC(=O)[C@@H](N)CS)C(=O)N[C@@H](CCCCN)C(=O)O. The summed E-state index contributed by atoms with van der Waals surface area (Å²) in [4.78, 5) is 35.0. The van der Waals surface area contributed by atoms with Crippen LogP contribution in [0.2, 0.25) is 0 Å². The van der Waals surface area contributed by atoms with Crippen molar-refractivity contribution in [2.75, 3.05) is 12.3 Å². The second kappa shape index (κ2) is 11.2. The van der Waals surface area contributed by atoms with Gasteiger partial charge in [-0.3, -0.25) is 9.59 Å². The van der Waals surface area contributed by atoms with Crippen molar-refractivity contribution in [1.82, 2.24) is 10.6 Å². The summed E-state index contributed by atoms with van der Waals surface area (Å²) in [5.41, 5.74) is 10.8. The van der Waals surface area contributed by atoms with Gasteiger partial charge in [-0.2, -0.15) is 12.6 Å². The van der Waals surface area contributed by atoms with E-state index in [0.29, 0.717) is 19.4 Å². The standard InChI is InChI=1S/C13H26N4O5S/c1-7(18)10(17-11(19)8(15)6-23)12(20)16-9(13(21)22)4-2-3-5-14/h7-10,18,23H,2-6,14-15H2,1H3,(H,16,20)(H,17,19)(H,21,22)/t7-,8+,9+,10+/m1/s1. The van der Waals surface area contributed by atoms with Gasteiger partial charge in [0.1, 0.15) is 12.1 Å². The van der Waals surface area contributed by atoms with Gasteiger partial charge in [0.05, 0.1) is 12.1 Å². The van der Waals surface area contributed by atoms with Crippen LogP contribution in [0.25, 0.3) is 0 Å². The van der Waals surface area contributed by atoms with Crippen LogP contribution in [0.1, 0.15) is 26.2 Å². The van der Waals surface area contributed by atoms with E-state index in [0.717, 1.165) is 0 Å². The molecule has 0 spiro atoms. The predicted molar refractivity (Wildman–Crippen MR) is 87.9 cm³/mol.